The average molecular weight is 294 g/mol. The van der Waals surface area contributed by atoms with Crippen molar-refractivity contribution in [3.63, 3.8) is 0 Å². The van der Waals surface area contributed by atoms with E-state index in [4.69, 9.17) is 4.42 Å². The van der Waals surface area contributed by atoms with Crippen LogP contribution in [-0.2, 0) is 10.0 Å². The number of rotatable bonds is 5. The first-order valence-corrected chi connectivity index (χ1v) is 7.76. The molecule has 1 heterocycles. The van der Waals surface area contributed by atoms with Gasteiger partial charge in [-0.25, -0.2) is 13.1 Å². The summed E-state index contributed by atoms with van der Waals surface area (Å²) in [6, 6.07) is 8.90. The van der Waals surface area contributed by atoms with Crippen LogP contribution < -0.4 is 10.0 Å². The molecule has 20 heavy (non-hydrogen) atoms. The summed E-state index contributed by atoms with van der Waals surface area (Å²) in [4.78, 5) is 0.275. The number of hydrogen-bond acceptors (Lipinski definition) is 4. The van der Waals surface area contributed by atoms with E-state index in [2.05, 4.69) is 10.0 Å². The molecule has 2 N–H and O–H groups in total. The maximum absolute atomic E-state index is 11.9. The number of furan rings is 1. The summed E-state index contributed by atoms with van der Waals surface area (Å²) in [6.45, 7) is 3.72. The van der Waals surface area contributed by atoms with E-state index in [1.807, 2.05) is 25.1 Å². The summed E-state index contributed by atoms with van der Waals surface area (Å²) in [6.07, 6.45) is 1.61. The normalized spacial score (nSPS) is 13.2. The van der Waals surface area contributed by atoms with Crippen LogP contribution in [0.15, 0.2) is 45.9 Å². The molecule has 0 aliphatic carbocycles. The maximum atomic E-state index is 11.9. The Bertz CT molecular complexity index is 678. The van der Waals surface area contributed by atoms with Crippen molar-refractivity contribution in [3.8, 4) is 0 Å². The number of nitrogens with one attached hydrogen (secondary N) is 2. The average Bonchev–Trinajstić information content (AvgIpc) is 2.95. The zero-order valence-electron chi connectivity index (χ0n) is 11.7. The fourth-order valence-electron chi connectivity index (χ4n) is 1.95. The highest BCUT2D eigenvalue weighted by Crippen LogP contribution is 2.24. The molecule has 0 bridgehead atoms. The molecule has 1 atom stereocenters. The first kappa shape index (κ1) is 14.6. The van der Waals surface area contributed by atoms with E-state index in [-0.39, 0.29) is 10.9 Å². The topological polar surface area (TPSA) is 71.3 Å². The molecule has 5 nitrogen and oxygen atoms in total. The molecule has 0 spiro atoms. The van der Waals surface area contributed by atoms with Gasteiger partial charge in [0.05, 0.1) is 17.2 Å². The molecule has 0 saturated heterocycles. The first-order chi connectivity index (χ1) is 9.44. The van der Waals surface area contributed by atoms with Gasteiger partial charge in [-0.3, -0.25) is 0 Å². The number of hydrogen-bond donors (Lipinski definition) is 2. The molecule has 108 valence electrons. The lowest BCUT2D eigenvalue weighted by molar-refractivity contribution is 0.490. The maximum Gasteiger partial charge on any atom is 0.240 e. The standard InChI is InChI=1S/C14H18N2O3S/c1-10-6-7-12(9-14(10)20(17,18)15-3)16-11(2)13-5-4-8-19-13/h4-9,11,15-16H,1-3H3. The second kappa shape index (κ2) is 5.68. The van der Waals surface area contributed by atoms with E-state index in [9.17, 15) is 8.42 Å². The Hall–Kier alpha value is -1.79. The minimum absolute atomic E-state index is 0.0437. The minimum atomic E-state index is -3.45. The predicted octanol–water partition coefficient (Wildman–Crippen LogP) is 2.67. The molecule has 0 amide bonds. The fraction of sp³-hybridized carbons (Fsp3) is 0.286. The molecule has 2 aromatic rings. The Balaban J connectivity index is 2.28. The van der Waals surface area contributed by atoms with E-state index < -0.39 is 10.0 Å². The Morgan fingerprint density at radius 3 is 2.60 bits per heavy atom. The van der Waals surface area contributed by atoms with Gasteiger partial charge in [-0.15, -0.1) is 0 Å². The number of anilines is 1. The lowest BCUT2D eigenvalue weighted by Gasteiger charge is -2.15. The lowest BCUT2D eigenvalue weighted by atomic mass is 10.2. The summed E-state index contributed by atoms with van der Waals surface area (Å²) in [5.74, 6) is 0.795. The lowest BCUT2D eigenvalue weighted by Crippen LogP contribution is -2.20. The fourth-order valence-corrected chi connectivity index (χ4v) is 2.94. The first-order valence-electron chi connectivity index (χ1n) is 6.28. The van der Waals surface area contributed by atoms with E-state index in [1.165, 1.54) is 7.05 Å². The van der Waals surface area contributed by atoms with Crippen LogP contribution in [0.1, 0.15) is 24.3 Å². The van der Waals surface area contributed by atoms with Gasteiger partial charge in [0.15, 0.2) is 0 Å². The van der Waals surface area contributed by atoms with Gasteiger partial charge >= 0.3 is 0 Å². The zero-order chi connectivity index (χ0) is 14.8. The van der Waals surface area contributed by atoms with Gasteiger partial charge in [0, 0.05) is 5.69 Å². The Kier molecular flexibility index (Phi) is 4.15. The molecule has 0 fully saturated rings. The Labute approximate surface area is 119 Å². The summed E-state index contributed by atoms with van der Waals surface area (Å²) >= 11 is 0. The molecule has 2 rings (SSSR count). The van der Waals surface area contributed by atoms with Crippen molar-refractivity contribution in [2.24, 2.45) is 0 Å². The monoisotopic (exact) mass is 294 g/mol. The van der Waals surface area contributed by atoms with Crippen LogP contribution in [0.2, 0.25) is 0 Å². The highest BCUT2D eigenvalue weighted by atomic mass is 32.2. The van der Waals surface area contributed by atoms with Gasteiger partial charge in [-0.1, -0.05) is 6.07 Å². The number of sulfonamides is 1. The van der Waals surface area contributed by atoms with Gasteiger partial charge < -0.3 is 9.73 Å². The van der Waals surface area contributed by atoms with E-state index in [1.54, 1.807) is 25.3 Å². The van der Waals surface area contributed by atoms with Crippen molar-refractivity contribution in [2.45, 2.75) is 24.8 Å². The second-order valence-corrected chi connectivity index (χ2v) is 6.42. The van der Waals surface area contributed by atoms with Crippen LogP contribution >= 0.6 is 0 Å². The van der Waals surface area contributed by atoms with E-state index >= 15 is 0 Å². The predicted molar refractivity (Wildman–Crippen MR) is 78.2 cm³/mol. The van der Waals surface area contributed by atoms with Crippen LogP contribution in [0.3, 0.4) is 0 Å². The van der Waals surface area contributed by atoms with Crippen molar-refractivity contribution < 1.29 is 12.8 Å². The van der Waals surface area contributed by atoms with Gasteiger partial charge in [0.1, 0.15) is 5.76 Å². The molecule has 0 aliphatic rings. The van der Waals surface area contributed by atoms with Gasteiger partial charge in [0.25, 0.3) is 0 Å². The highest BCUT2D eigenvalue weighted by molar-refractivity contribution is 7.89. The third-order valence-electron chi connectivity index (χ3n) is 3.10. The van der Waals surface area contributed by atoms with Crippen molar-refractivity contribution >= 4 is 15.7 Å². The molecule has 6 heteroatoms. The molecule has 1 aromatic heterocycles. The number of benzene rings is 1. The number of aryl methyl sites for hydroxylation is 1. The summed E-state index contributed by atoms with van der Waals surface area (Å²) in [5, 5.41) is 3.22. The molecule has 1 unspecified atom stereocenters. The molecule has 0 aliphatic heterocycles. The second-order valence-electron chi connectivity index (χ2n) is 4.57. The summed E-state index contributed by atoms with van der Waals surface area (Å²) < 4.78 is 31.5. The SMILES string of the molecule is CNS(=O)(=O)c1cc(NC(C)c2ccco2)ccc1C. The molecule has 0 radical (unpaired) electrons. The van der Waals surface area contributed by atoms with Crippen molar-refractivity contribution in [1.29, 1.82) is 0 Å². The van der Waals surface area contributed by atoms with Gasteiger partial charge in [-0.05, 0) is 50.7 Å². The van der Waals surface area contributed by atoms with E-state index in [0.717, 1.165) is 11.4 Å². The van der Waals surface area contributed by atoms with Crippen molar-refractivity contribution in [1.82, 2.24) is 4.72 Å². The third-order valence-corrected chi connectivity index (χ3v) is 4.66. The van der Waals surface area contributed by atoms with Crippen LogP contribution in [-0.4, -0.2) is 15.5 Å². The summed E-state index contributed by atoms with van der Waals surface area (Å²) in [5.41, 5.74) is 1.43. The van der Waals surface area contributed by atoms with Crippen LogP contribution in [0.4, 0.5) is 5.69 Å². The smallest absolute Gasteiger partial charge is 0.240 e. The van der Waals surface area contributed by atoms with Crippen molar-refractivity contribution in [3.05, 3.63) is 47.9 Å². The molecular formula is C14H18N2O3S. The molecule has 1 aromatic carbocycles. The van der Waals surface area contributed by atoms with Crippen LogP contribution in [0.25, 0.3) is 0 Å². The van der Waals surface area contributed by atoms with Crippen molar-refractivity contribution in [2.75, 3.05) is 12.4 Å². The largest absolute Gasteiger partial charge is 0.467 e. The highest BCUT2D eigenvalue weighted by Gasteiger charge is 2.16. The quantitative estimate of drug-likeness (QED) is 0.889. The zero-order valence-corrected chi connectivity index (χ0v) is 12.5. The van der Waals surface area contributed by atoms with Crippen LogP contribution in [0, 0.1) is 6.92 Å². The molecule has 0 saturated carbocycles. The van der Waals surface area contributed by atoms with Crippen LogP contribution in [0.5, 0.6) is 0 Å². The minimum Gasteiger partial charge on any atom is -0.467 e. The Morgan fingerprint density at radius 2 is 2.00 bits per heavy atom. The van der Waals surface area contributed by atoms with Gasteiger partial charge in [-0.2, -0.15) is 0 Å². The summed E-state index contributed by atoms with van der Waals surface area (Å²) in [7, 11) is -2.05. The molecular weight excluding hydrogens is 276 g/mol. The van der Waals surface area contributed by atoms with E-state index in [0.29, 0.717) is 5.56 Å². The Morgan fingerprint density at radius 1 is 1.25 bits per heavy atom. The third kappa shape index (κ3) is 3.02. The van der Waals surface area contributed by atoms with Gasteiger partial charge in [0.2, 0.25) is 10.0 Å².